The van der Waals surface area contributed by atoms with Crippen LogP contribution in [0.3, 0.4) is 0 Å². The topological polar surface area (TPSA) is 67.8 Å². The lowest BCUT2D eigenvalue weighted by Gasteiger charge is -2.39. The fourth-order valence-electron chi connectivity index (χ4n) is 1.67. The molecule has 2 rings (SSSR count). The van der Waals surface area contributed by atoms with Gasteiger partial charge >= 0.3 is 6.09 Å². The Morgan fingerprint density at radius 2 is 2.11 bits per heavy atom. The molecule has 0 atom stereocenters. The largest absolute Gasteiger partial charge is 0.445 e. The molecular weight excluding hydrogens is 234 g/mol. The average molecular weight is 251 g/mol. The van der Waals surface area contributed by atoms with Crippen LogP contribution in [0.2, 0.25) is 0 Å². The van der Waals surface area contributed by atoms with Gasteiger partial charge in [-0.1, -0.05) is 30.3 Å². The summed E-state index contributed by atoms with van der Waals surface area (Å²) in [6, 6.07) is 9.47. The van der Waals surface area contributed by atoms with E-state index in [1.54, 1.807) is 0 Å². The van der Waals surface area contributed by atoms with Gasteiger partial charge < -0.3 is 19.9 Å². The van der Waals surface area contributed by atoms with Crippen LogP contribution < -0.4 is 5.32 Å². The van der Waals surface area contributed by atoms with Crippen LogP contribution in [0.1, 0.15) is 5.56 Å². The summed E-state index contributed by atoms with van der Waals surface area (Å²) in [6.45, 7) is 1.57. The second-order valence-electron chi connectivity index (χ2n) is 4.57. The van der Waals surface area contributed by atoms with Crippen LogP contribution in [0.15, 0.2) is 30.3 Å². The molecule has 5 heteroatoms. The molecule has 18 heavy (non-hydrogen) atoms. The summed E-state index contributed by atoms with van der Waals surface area (Å²) in [6.07, 6.45) is -0.474. The lowest BCUT2D eigenvalue weighted by Crippen LogP contribution is -2.53. The Morgan fingerprint density at radius 3 is 2.67 bits per heavy atom. The molecule has 1 aromatic carbocycles. The van der Waals surface area contributed by atoms with Crippen molar-refractivity contribution in [3.63, 3.8) is 0 Å². The van der Waals surface area contributed by atoms with Gasteiger partial charge in [-0.25, -0.2) is 4.79 Å². The molecule has 1 heterocycles. The van der Waals surface area contributed by atoms with Crippen molar-refractivity contribution in [2.24, 2.45) is 5.41 Å². The van der Waals surface area contributed by atoms with Gasteiger partial charge in [-0.3, -0.25) is 0 Å². The molecule has 0 spiro atoms. The van der Waals surface area contributed by atoms with E-state index in [1.807, 2.05) is 30.3 Å². The molecule has 0 bridgehead atoms. The van der Waals surface area contributed by atoms with Gasteiger partial charge in [-0.05, 0) is 5.56 Å². The van der Waals surface area contributed by atoms with E-state index < -0.39 is 6.09 Å². The Bertz CT molecular complexity index is 384. The van der Waals surface area contributed by atoms with Crippen molar-refractivity contribution < 1.29 is 19.4 Å². The van der Waals surface area contributed by atoms with Crippen LogP contribution in [0.4, 0.5) is 4.79 Å². The molecule has 1 aliphatic heterocycles. The minimum Gasteiger partial charge on any atom is -0.445 e. The van der Waals surface area contributed by atoms with E-state index in [4.69, 9.17) is 9.47 Å². The number of nitrogens with one attached hydrogen (secondary N) is 1. The number of benzene rings is 1. The highest BCUT2D eigenvalue weighted by Crippen LogP contribution is 2.25. The molecule has 0 radical (unpaired) electrons. The summed E-state index contributed by atoms with van der Waals surface area (Å²) in [5.41, 5.74) is 0.614. The highest BCUT2D eigenvalue weighted by molar-refractivity contribution is 5.67. The highest BCUT2D eigenvalue weighted by atomic mass is 16.5. The molecule has 5 nitrogen and oxygen atoms in total. The zero-order valence-corrected chi connectivity index (χ0v) is 10.1. The van der Waals surface area contributed by atoms with Crippen molar-refractivity contribution in [3.05, 3.63) is 35.9 Å². The molecule has 1 aliphatic rings. The number of alkyl carbamates (subject to hydrolysis) is 1. The van der Waals surface area contributed by atoms with E-state index in [2.05, 4.69) is 5.32 Å². The van der Waals surface area contributed by atoms with E-state index in [9.17, 15) is 9.90 Å². The predicted octanol–water partition coefficient (Wildman–Crippen LogP) is 0.922. The first-order chi connectivity index (χ1) is 8.74. The molecule has 0 saturated carbocycles. The smallest absolute Gasteiger partial charge is 0.407 e. The second-order valence-corrected chi connectivity index (χ2v) is 4.57. The molecule has 1 amide bonds. The van der Waals surface area contributed by atoms with Crippen LogP contribution in [-0.4, -0.2) is 37.6 Å². The summed E-state index contributed by atoms with van der Waals surface area (Å²) >= 11 is 0. The number of carbonyl (C=O) groups is 1. The maximum Gasteiger partial charge on any atom is 0.407 e. The number of amides is 1. The SMILES string of the molecule is O=C(NCC1(CO)COC1)OCc1ccccc1. The van der Waals surface area contributed by atoms with Gasteiger partial charge in [0.25, 0.3) is 0 Å². The van der Waals surface area contributed by atoms with Crippen LogP contribution in [0, 0.1) is 5.41 Å². The first-order valence-electron chi connectivity index (χ1n) is 5.87. The highest BCUT2D eigenvalue weighted by Gasteiger charge is 2.38. The van der Waals surface area contributed by atoms with Gasteiger partial charge in [0.2, 0.25) is 0 Å². The minimum absolute atomic E-state index is 0.00592. The number of aliphatic hydroxyl groups excluding tert-OH is 1. The summed E-state index contributed by atoms with van der Waals surface area (Å²) in [7, 11) is 0. The van der Waals surface area contributed by atoms with E-state index in [0.29, 0.717) is 19.8 Å². The number of hydrogen-bond acceptors (Lipinski definition) is 4. The monoisotopic (exact) mass is 251 g/mol. The third kappa shape index (κ3) is 3.21. The first kappa shape index (κ1) is 12.9. The number of hydrogen-bond donors (Lipinski definition) is 2. The standard InChI is InChI=1S/C13H17NO4/c15-8-13(9-17-10-13)7-14-12(16)18-6-11-4-2-1-3-5-11/h1-5,15H,6-10H2,(H,14,16). The predicted molar refractivity (Wildman–Crippen MR) is 65.0 cm³/mol. The summed E-state index contributed by atoms with van der Waals surface area (Å²) in [5, 5.41) is 11.8. The second kappa shape index (κ2) is 5.84. The Morgan fingerprint density at radius 1 is 1.39 bits per heavy atom. The van der Waals surface area contributed by atoms with Crippen molar-refractivity contribution in [3.8, 4) is 0 Å². The molecule has 98 valence electrons. The number of ether oxygens (including phenoxy) is 2. The van der Waals surface area contributed by atoms with E-state index in [0.717, 1.165) is 5.56 Å². The fraction of sp³-hybridized carbons (Fsp3) is 0.462. The molecule has 1 fully saturated rings. The summed E-state index contributed by atoms with van der Waals surface area (Å²) in [5.74, 6) is 0. The Labute approximate surface area is 106 Å². The maximum atomic E-state index is 11.5. The zero-order chi connectivity index (χ0) is 12.8. The van der Waals surface area contributed by atoms with E-state index in [-0.39, 0.29) is 18.6 Å². The quantitative estimate of drug-likeness (QED) is 0.816. The fourth-order valence-corrected chi connectivity index (χ4v) is 1.67. The van der Waals surface area contributed by atoms with Crippen LogP contribution >= 0.6 is 0 Å². The Balaban J connectivity index is 1.69. The van der Waals surface area contributed by atoms with Crippen molar-refractivity contribution in [2.45, 2.75) is 6.61 Å². The van der Waals surface area contributed by atoms with E-state index >= 15 is 0 Å². The number of carbonyl (C=O) groups excluding carboxylic acids is 1. The maximum absolute atomic E-state index is 11.5. The molecule has 0 unspecified atom stereocenters. The van der Waals surface area contributed by atoms with Crippen molar-refractivity contribution in [2.75, 3.05) is 26.4 Å². The van der Waals surface area contributed by atoms with Crippen LogP contribution in [0.5, 0.6) is 0 Å². The third-order valence-corrected chi connectivity index (χ3v) is 2.97. The zero-order valence-electron chi connectivity index (χ0n) is 10.1. The van der Waals surface area contributed by atoms with Crippen molar-refractivity contribution in [1.82, 2.24) is 5.32 Å². The van der Waals surface area contributed by atoms with Gasteiger partial charge in [0, 0.05) is 6.54 Å². The molecule has 0 aliphatic carbocycles. The average Bonchev–Trinajstić information content (AvgIpc) is 2.37. The van der Waals surface area contributed by atoms with Gasteiger partial charge in [-0.15, -0.1) is 0 Å². The number of rotatable bonds is 5. The summed E-state index contributed by atoms with van der Waals surface area (Å²) in [4.78, 5) is 11.5. The van der Waals surface area contributed by atoms with Crippen molar-refractivity contribution in [1.29, 1.82) is 0 Å². The Hall–Kier alpha value is -1.59. The van der Waals surface area contributed by atoms with E-state index in [1.165, 1.54) is 0 Å². The van der Waals surface area contributed by atoms with Gasteiger partial charge in [-0.2, -0.15) is 0 Å². The molecular formula is C13H17NO4. The first-order valence-corrected chi connectivity index (χ1v) is 5.87. The normalized spacial score (nSPS) is 16.7. The molecule has 1 aromatic rings. The van der Waals surface area contributed by atoms with Crippen LogP contribution in [-0.2, 0) is 16.1 Å². The lowest BCUT2D eigenvalue weighted by atomic mass is 9.87. The molecule has 2 N–H and O–H groups in total. The molecule has 0 aromatic heterocycles. The van der Waals surface area contributed by atoms with Gasteiger partial charge in [0.1, 0.15) is 6.61 Å². The van der Waals surface area contributed by atoms with Crippen LogP contribution in [0.25, 0.3) is 0 Å². The van der Waals surface area contributed by atoms with Gasteiger partial charge in [0.05, 0.1) is 25.2 Å². The lowest BCUT2D eigenvalue weighted by molar-refractivity contribution is -0.133. The van der Waals surface area contributed by atoms with Crippen molar-refractivity contribution >= 4 is 6.09 Å². The Kier molecular flexibility index (Phi) is 4.17. The third-order valence-electron chi connectivity index (χ3n) is 2.97. The number of aliphatic hydroxyl groups is 1. The summed E-state index contributed by atoms with van der Waals surface area (Å²) < 4.78 is 10.1. The molecule has 1 saturated heterocycles. The van der Waals surface area contributed by atoms with Gasteiger partial charge in [0.15, 0.2) is 0 Å². The minimum atomic E-state index is -0.474.